The normalized spacial score (nSPS) is 11.1. The molecule has 0 aliphatic heterocycles. The van der Waals surface area contributed by atoms with Crippen molar-refractivity contribution in [3.8, 4) is 0 Å². The number of hydrogen-bond acceptors (Lipinski definition) is 3. The largest absolute Gasteiger partial charge is 0.320 e. The number of aryl methyl sites for hydroxylation is 1. The number of benzene rings is 2. The Morgan fingerprint density at radius 3 is 2.71 bits per heavy atom. The average Bonchev–Trinajstić information content (AvgIpc) is 2.93. The molecule has 0 saturated carbocycles. The molecule has 0 unspecified atom stereocenters. The number of fused-ring (bicyclic) bond motifs is 1. The fourth-order valence-corrected chi connectivity index (χ4v) is 4.61. The zero-order valence-corrected chi connectivity index (χ0v) is 13.8. The molecule has 0 radical (unpaired) electrons. The van der Waals surface area contributed by atoms with Crippen LogP contribution in [0.2, 0.25) is 0 Å². The molecule has 0 atom stereocenters. The van der Waals surface area contributed by atoms with Gasteiger partial charge in [0.25, 0.3) is 0 Å². The Kier molecular flexibility index (Phi) is 4.96. The second-order valence-electron chi connectivity index (χ2n) is 5.01. The van der Waals surface area contributed by atoms with Crippen LogP contribution >= 0.6 is 23.1 Å². The third-order valence-electron chi connectivity index (χ3n) is 3.51. The van der Waals surface area contributed by atoms with E-state index >= 15 is 0 Å². The number of nitrogens with one attached hydrogen (secondary N) is 1. The van der Waals surface area contributed by atoms with E-state index in [4.69, 9.17) is 0 Å². The van der Waals surface area contributed by atoms with E-state index in [0.29, 0.717) is 0 Å². The summed E-state index contributed by atoms with van der Waals surface area (Å²) in [7, 11) is 2.01. The van der Waals surface area contributed by atoms with Gasteiger partial charge >= 0.3 is 0 Å². The summed E-state index contributed by atoms with van der Waals surface area (Å²) in [5, 5.41) is 6.87. The van der Waals surface area contributed by atoms with Gasteiger partial charge in [-0.3, -0.25) is 0 Å². The van der Waals surface area contributed by atoms with Crippen LogP contribution < -0.4 is 5.32 Å². The Balaban J connectivity index is 1.84. The molecule has 1 heterocycles. The number of thiophene rings is 1. The van der Waals surface area contributed by atoms with Gasteiger partial charge < -0.3 is 5.32 Å². The van der Waals surface area contributed by atoms with Crippen LogP contribution in [-0.4, -0.2) is 13.6 Å². The van der Waals surface area contributed by atoms with Crippen molar-refractivity contribution in [2.24, 2.45) is 0 Å². The molecule has 3 heteroatoms. The van der Waals surface area contributed by atoms with Crippen LogP contribution in [0.15, 0.2) is 63.7 Å². The molecule has 21 heavy (non-hydrogen) atoms. The molecule has 0 spiro atoms. The molecule has 1 aromatic heterocycles. The zero-order chi connectivity index (χ0) is 14.5. The molecule has 108 valence electrons. The van der Waals surface area contributed by atoms with Crippen molar-refractivity contribution < 1.29 is 0 Å². The fourth-order valence-electron chi connectivity index (χ4n) is 2.42. The average molecular weight is 313 g/mol. The zero-order valence-electron chi connectivity index (χ0n) is 12.1. The summed E-state index contributed by atoms with van der Waals surface area (Å²) in [4.78, 5) is 2.76. The lowest BCUT2D eigenvalue weighted by Gasteiger charge is -2.08. The molecule has 2 aromatic carbocycles. The lowest BCUT2D eigenvalue weighted by atomic mass is 10.1. The summed E-state index contributed by atoms with van der Waals surface area (Å²) in [6.07, 6.45) is 2.31. The molecule has 0 bridgehead atoms. The topological polar surface area (TPSA) is 12.0 Å². The summed E-state index contributed by atoms with van der Waals surface area (Å²) < 4.78 is 1.37. The number of rotatable bonds is 6. The molecule has 0 saturated heterocycles. The predicted octanol–water partition coefficient (Wildman–Crippen LogP) is 5.20. The molecule has 1 N–H and O–H groups in total. The van der Waals surface area contributed by atoms with Crippen molar-refractivity contribution in [2.75, 3.05) is 13.6 Å². The molecule has 0 aliphatic carbocycles. The highest BCUT2D eigenvalue weighted by Crippen LogP contribution is 2.38. The molecule has 0 amide bonds. The smallest absolute Gasteiger partial charge is 0.0354 e. The first-order valence-electron chi connectivity index (χ1n) is 7.25. The minimum atomic E-state index is 1.07. The quantitative estimate of drug-likeness (QED) is 0.627. The summed E-state index contributed by atoms with van der Waals surface area (Å²) >= 11 is 3.73. The Morgan fingerprint density at radius 2 is 1.81 bits per heavy atom. The minimum absolute atomic E-state index is 1.07. The highest BCUT2D eigenvalue weighted by molar-refractivity contribution is 7.99. The highest BCUT2D eigenvalue weighted by Gasteiger charge is 2.08. The molecule has 3 aromatic rings. The summed E-state index contributed by atoms with van der Waals surface area (Å²) in [6.45, 7) is 1.07. The Labute approximate surface area is 134 Å². The number of hydrogen-bond donors (Lipinski definition) is 1. The van der Waals surface area contributed by atoms with Crippen LogP contribution in [0.1, 0.15) is 12.0 Å². The van der Waals surface area contributed by atoms with E-state index in [1.807, 2.05) is 30.1 Å². The monoisotopic (exact) mass is 313 g/mol. The van der Waals surface area contributed by atoms with Crippen molar-refractivity contribution >= 4 is 33.2 Å². The predicted molar refractivity (Wildman–Crippen MR) is 94.6 cm³/mol. The van der Waals surface area contributed by atoms with Crippen LogP contribution in [0.25, 0.3) is 10.1 Å². The van der Waals surface area contributed by atoms with E-state index in [9.17, 15) is 0 Å². The van der Waals surface area contributed by atoms with Gasteiger partial charge in [-0.15, -0.1) is 11.3 Å². The third kappa shape index (κ3) is 3.49. The first-order valence-corrected chi connectivity index (χ1v) is 8.94. The van der Waals surface area contributed by atoms with Crippen LogP contribution in [-0.2, 0) is 6.42 Å². The molecule has 1 nitrogen and oxygen atoms in total. The van der Waals surface area contributed by atoms with Gasteiger partial charge in [0.05, 0.1) is 0 Å². The van der Waals surface area contributed by atoms with Gasteiger partial charge in [-0.1, -0.05) is 48.2 Å². The second kappa shape index (κ2) is 7.12. The molecular formula is C18H19NS2. The molecule has 0 aliphatic rings. The van der Waals surface area contributed by atoms with Gasteiger partial charge in [-0.2, -0.15) is 0 Å². The Morgan fingerprint density at radius 1 is 1.00 bits per heavy atom. The van der Waals surface area contributed by atoms with Gasteiger partial charge in [0.2, 0.25) is 0 Å². The molecular weight excluding hydrogens is 294 g/mol. The highest BCUT2D eigenvalue weighted by atomic mass is 32.2. The van der Waals surface area contributed by atoms with E-state index in [1.165, 1.54) is 31.9 Å². The van der Waals surface area contributed by atoms with Crippen molar-refractivity contribution in [1.82, 2.24) is 5.32 Å². The van der Waals surface area contributed by atoms with Crippen LogP contribution in [0.3, 0.4) is 0 Å². The second-order valence-corrected chi connectivity index (χ2v) is 7.01. The van der Waals surface area contributed by atoms with E-state index in [1.54, 1.807) is 0 Å². The van der Waals surface area contributed by atoms with Gasteiger partial charge in [-0.25, -0.2) is 0 Å². The first kappa shape index (κ1) is 14.6. The summed E-state index contributed by atoms with van der Waals surface area (Å²) in [5.41, 5.74) is 1.45. The van der Waals surface area contributed by atoms with Gasteiger partial charge in [0, 0.05) is 25.3 Å². The molecule has 3 rings (SSSR count). The summed E-state index contributed by atoms with van der Waals surface area (Å²) in [5.74, 6) is 0. The molecule has 0 fully saturated rings. The van der Waals surface area contributed by atoms with E-state index < -0.39 is 0 Å². The van der Waals surface area contributed by atoms with Gasteiger partial charge in [-0.05, 0) is 44.1 Å². The van der Waals surface area contributed by atoms with Gasteiger partial charge in [0.1, 0.15) is 0 Å². The van der Waals surface area contributed by atoms with Crippen molar-refractivity contribution in [3.63, 3.8) is 0 Å². The SMILES string of the molecule is CNCCCc1ccccc1Sc1csc2ccccc12. The Bertz CT molecular complexity index is 718. The van der Waals surface area contributed by atoms with Crippen molar-refractivity contribution in [2.45, 2.75) is 22.6 Å². The van der Waals surface area contributed by atoms with Crippen molar-refractivity contribution in [3.05, 3.63) is 59.5 Å². The van der Waals surface area contributed by atoms with E-state index in [2.05, 4.69) is 59.2 Å². The van der Waals surface area contributed by atoms with Crippen molar-refractivity contribution in [1.29, 1.82) is 0 Å². The maximum atomic E-state index is 3.22. The van der Waals surface area contributed by atoms with Crippen LogP contribution in [0.4, 0.5) is 0 Å². The Hall–Kier alpha value is -1.29. The fraction of sp³-hybridized carbons (Fsp3) is 0.222. The van der Waals surface area contributed by atoms with Crippen LogP contribution in [0.5, 0.6) is 0 Å². The third-order valence-corrected chi connectivity index (χ3v) is 5.80. The van der Waals surface area contributed by atoms with Crippen LogP contribution in [0, 0.1) is 0 Å². The maximum absolute atomic E-state index is 3.22. The standard InChI is InChI=1S/C18H19NS2/c1-19-12-6-8-14-7-2-4-10-16(14)21-18-13-20-17-11-5-3-9-15(17)18/h2-5,7,9-11,13,19H,6,8,12H2,1H3. The lowest BCUT2D eigenvalue weighted by Crippen LogP contribution is -2.08. The minimum Gasteiger partial charge on any atom is -0.320 e. The lowest BCUT2D eigenvalue weighted by molar-refractivity contribution is 0.720. The van der Waals surface area contributed by atoms with E-state index in [0.717, 1.165) is 13.0 Å². The summed E-state index contributed by atoms with van der Waals surface area (Å²) in [6, 6.07) is 17.4. The first-order chi connectivity index (χ1) is 10.4. The maximum Gasteiger partial charge on any atom is 0.0354 e. The van der Waals surface area contributed by atoms with E-state index in [-0.39, 0.29) is 0 Å². The van der Waals surface area contributed by atoms with Gasteiger partial charge in [0.15, 0.2) is 0 Å².